The van der Waals surface area contributed by atoms with Gasteiger partial charge in [0.15, 0.2) is 0 Å². The summed E-state index contributed by atoms with van der Waals surface area (Å²) in [6.07, 6.45) is 3.76. The molecule has 17 heavy (non-hydrogen) atoms. The highest BCUT2D eigenvalue weighted by molar-refractivity contribution is 6.31. The standard InChI is InChI=1S/C14H20ClNO/c1-11-9-13(4-5-14(11)15)17-8-6-12-3-2-7-16-10-12/h4-5,9,12,16H,2-3,6-8,10H2,1H3/t12-/m0/s1. The zero-order valence-corrected chi connectivity index (χ0v) is 11.1. The number of halogens is 1. The summed E-state index contributed by atoms with van der Waals surface area (Å²) in [6.45, 7) is 5.12. The van der Waals surface area contributed by atoms with Gasteiger partial charge in [-0.3, -0.25) is 0 Å². The fourth-order valence-corrected chi connectivity index (χ4v) is 2.34. The second-order valence-electron chi connectivity index (χ2n) is 4.76. The van der Waals surface area contributed by atoms with Crippen LogP contribution in [0.3, 0.4) is 0 Å². The maximum atomic E-state index is 5.97. The van der Waals surface area contributed by atoms with Crippen molar-refractivity contribution in [3.8, 4) is 5.75 Å². The van der Waals surface area contributed by atoms with Crippen LogP contribution in [0.1, 0.15) is 24.8 Å². The fourth-order valence-electron chi connectivity index (χ4n) is 2.22. The van der Waals surface area contributed by atoms with Crippen LogP contribution >= 0.6 is 11.6 Å². The first-order valence-corrected chi connectivity index (χ1v) is 6.73. The van der Waals surface area contributed by atoms with Gasteiger partial charge in [-0.25, -0.2) is 0 Å². The molecule has 0 bridgehead atoms. The molecule has 1 saturated heterocycles. The average molecular weight is 254 g/mol. The molecule has 0 saturated carbocycles. The second kappa shape index (κ2) is 6.27. The Hall–Kier alpha value is -0.730. The van der Waals surface area contributed by atoms with Gasteiger partial charge in [-0.05, 0) is 69.0 Å². The minimum Gasteiger partial charge on any atom is -0.494 e. The third-order valence-electron chi connectivity index (χ3n) is 3.32. The van der Waals surface area contributed by atoms with Gasteiger partial charge in [-0.15, -0.1) is 0 Å². The Balaban J connectivity index is 1.75. The van der Waals surface area contributed by atoms with Gasteiger partial charge in [-0.2, -0.15) is 0 Å². The van der Waals surface area contributed by atoms with Crippen LogP contribution in [-0.4, -0.2) is 19.7 Å². The van der Waals surface area contributed by atoms with Crippen LogP contribution in [0.2, 0.25) is 5.02 Å². The molecule has 0 radical (unpaired) electrons. The van der Waals surface area contributed by atoms with Crippen LogP contribution in [0.5, 0.6) is 5.75 Å². The quantitative estimate of drug-likeness (QED) is 0.888. The topological polar surface area (TPSA) is 21.3 Å². The lowest BCUT2D eigenvalue weighted by Gasteiger charge is -2.22. The van der Waals surface area contributed by atoms with E-state index < -0.39 is 0 Å². The number of hydrogen-bond acceptors (Lipinski definition) is 2. The van der Waals surface area contributed by atoms with Crippen molar-refractivity contribution in [1.82, 2.24) is 5.32 Å². The first-order valence-electron chi connectivity index (χ1n) is 6.35. The van der Waals surface area contributed by atoms with E-state index in [1.165, 1.54) is 19.4 Å². The van der Waals surface area contributed by atoms with Gasteiger partial charge in [0.1, 0.15) is 5.75 Å². The zero-order chi connectivity index (χ0) is 12.1. The summed E-state index contributed by atoms with van der Waals surface area (Å²) in [4.78, 5) is 0. The van der Waals surface area contributed by atoms with Crippen molar-refractivity contribution < 1.29 is 4.74 Å². The molecule has 1 aromatic rings. The van der Waals surface area contributed by atoms with Gasteiger partial charge < -0.3 is 10.1 Å². The largest absolute Gasteiger partial charge is 0.494 e. The van der Waals surface area contributed by atoms with Crippen molar-refractivity contribution in [3.63, 3.8) is 0 Å². The van der Waals surface area contributed by atoms with Crippen molar-refractivity contribution in [2.45, 2.75) is 26.2 Å². The Morgan fingerprint density at radius 2 is 2.35 bits per heavy atom. The highest BCUT2D eigenvalue weighted by Gasteiger charge is 2.12. The molecule has 0 aliphatic carbocycles. The Morgan fingerprint density at radius 3 is 3.06 bits per heavy atom. The van der Waals surface area contributed by atoms with E-state index in [1.54, 1.807) is 0 Å². The number of aryl methyl sites for hydroxylation is 1. The number of rotatable bonds is 4. The van der Waals surface area contributed by atoms with Crippen molar-refractivity contribution in [3.05, 3.63) is 28.8 Å². The number of nitrogens with one attached hydrogen (secondary N) is 1. The van der Waals surface area contributed by atoms with Gasteiger partial charge in [0, 0.05) is 5.02 Å². The second-order valence-corrected chi connectivity index (χ2v) is 5.17. The van der Waals surface area contributed by atoms with E-state index in [4.69, 9.17) is 16.3 Å². The molecule has 1 aliphatic heterocycles. The first-order chi connectivity index (χ1) is 8.25. The van der Waals surface area contributed by atoms with Crippen LogP contribution < -0.4 is 10.1 Å². The Bertz CT molecular complexity index is 361. The van der Waals surface area contributed by atoms with E-state index >= 15 is 0 Å². The summed E-state index contributed by atoms with van der Waals surface area (Å²) in [5.41, 5.74) is 1.07. The lowest BCUT2D eigenvalue weighted by molar-refractivity contribution is 0.254. The van der Waals surface area contributed by atoms with Crippen LogP contribution in [0.4, 0.5) is 0 Å². The van der Waals surface area contributed by atoms with E-state index in [0.717, 1.165) is 41.8 Å². The highest BCUT2D eigenvalue weighted by Crippen LogP contribution is 2.22. The van der Waals surface area contributed by atoms with Crippen molar-refractivity contribution in [2.75, 3.05) is 19.7 Å². The summed E-state index contributed by atoms with van der Waals surface area (Å²) >= 11 is 5.97. The van der Waals surface area contributed by atoms with E-state index in [0.29, 0.717) is 0 Å². The molecular weight excluding hydrogens is 234 g/mol. The Labute approximate surface area is 108 Å². The fraction of sp³-hybridized carbons (Fsp3) is 0.571. The minimum absolute atomic E-state index is 0.775. The van der Waals surface area contributed by atoms with E-state index in [1.807, 2.05) is 25.1 Å². The molecule has 0 unspecified atom stereocenters. The number of benzene rings is 1. The molecule has 1 heterocycles. The summed E-state index contributed by atoms with van der Waals surface area (Å²) < 4.78 is 5.76. The van der Waals surface area contributed by atoms with Crippen molar-refractivity contribution >= 4 is 11.6 Å². The van der Waals surface area contributed by atoms with Crippen molar-refractivity contribution in [2.24, 2.45) is 5.92 Å². The Morgan fingerprint density at radius 1 is 1.47 bits per heavy atom. The lowest BCUT2D eigenvalue weighted by atomic mass is 9.97. The van der Waals surface area contributed by atoms with Crippen LogP contribution in [0.15, 0.2) is 18.2 Å². The van der Waals surface area contributed by atoms with Gasteiger partial charge in [0.2, 0.25) is 0 Å². The maximum absolute atomic E-state index is 5.97. The predicted molar refractivity (Wildman–Crippen MR) is 71.9 cm³/mol. The molecule has 2 nitrogen and oxygen atoms in total. The zero-order valence-electron chi connectivity index (χ0n) is 10.3. The molecule has 0 amide bonds. The van der Waals surface area contributed by atoms with Gasteiger partial charge in [-0.1, -0.05) is 11.6 Å². The third kappa shape index (κ3) is 3.90. The van der Waals surface area contributed by atoms with E-state index in [-0.39, 0.29) is 0 Å². The van der Waals surface area contributed by atoms with Crippen LogP contribution in [-0.2, 0) is 0 Å². The Kier molecular flexibility index (Phi) is 4.69. The lowest BCUT2D eigenvalue weighted by Crippen LogP contribution is -2.30. The molecule has 0 spiro atoms. The summed E-state index contributed by atoms with van der Waals surface area (Å²) in [7, 11) is 0. The van der Waals surface area contributed by atoms with E-state index in [2.05, 4.69) is 5.32 Å². The van der Waals surface area contributed by atoms with E-state index in [9.17, 15) is 0 Å². The summed E-state index contributed by atoms with van der Waals surface area (Å²) in [5.74, 6) is 1.70. The molecule has 3 heteroatoms. The molecular formula is C14H20ClNO. The predicted octanol–water partition coefficient (Wildman–Crippen LogP) is 3.42. The molecule has 1 aliphatic rings. The average Bonchev–Trinajstić information content (AvgIpc) is 2.35. The van der Waals surface area contributed by atoms with Crippen LogP contribution in [0, 0.1) is 12.8 Å². The van der Waals surface area contributed by atoms with Crippen LogP contribution in [0.25, 0.3) is 0 Å². The minimum atomic E-state index is 0.775. The molecule has 1 N–H and O–H groups in total. The summed E-state index contributed by atoms with van der Waals surface area (Å²) in [6, 6.07) is 5.84. The third-order valence-corrected chi connectivity index (χ3v) is 3.75. The van der Waals surface area contributed by atoms with Crippen molar-refractivity contribution in [1.29, 1.82) is 0 Å². The first kappa shape index (κ1) is 12.7. The normalized spacial score (nSPS) is 20.2. The van der Waals surface area contributed by atoms with Gasteiger partial charge in [0.25, 0.3) is 0 Å². The monoisotopic (exact) mass is 253 g/mol. The molecule has 1 fully saturated rings. The molecule has 1 aromatic carbocycles. The number of ether oxygens (including phenoxy) is 1. The summed E-state index contributed by atoms with van der Waals surface area (Å²) in [5, 5.41) is 4.23. The SMILES string of the molecule is Cc1cc(OCC[C@@H]2CCCNC2)ccc1Cl. The molecule has 94 valence electrons. The maximum Gasteiger partial charge on any atom is 0.119 e. The van der Waals surface area contributed by atoms with Gasteiger partial charge in [0.05, 0.1) is 6.61 Å². The molecule has 1 atom stereocenters. The highest BCUT2D eigenvalue weighted by atomic mass is 35.5. The number of piperidine rings is 1. The number of hydrogen-bond donors (Lipinski definition) is 1. The molecule has 2 rings (SSSR count). The van der Waals surface area contributed by atoms with Gasteiger partial charge >= 0.3 is 0 Å². The molecule has 0 aromatic heterocycles. The smallest absolute Gasteiger partial charge is 0.119 e.